The zero-order valence-corrected chi connectivity index (χ0v) is 7.57. The molecule has 14 heavy (non-hydrogen) atoms. The highest BCUT2D eigenvalue weighted by Crippen LogP contribution is 2.21. The molecule has 1 aromatic heterocycles. The molecule has 1 N–H and O–H groups in total. The number of aromatic carboxylic acids is 1. The van der Waals surface area contributed by atoms with E-state index in [1.807, 2.05) is 6.92 Å². The number of alkyl halides is 2. The van der Waals surface area contributed by atoms with Crippen molar-refractivity contribution in [3.63, 3.8) is 0 Å². The third kappa shape index (κ3) is 2.07. The van der Waals surface area contributed by atoms with Crippen LogP contribution in [0, 0.1) is 0 Å². The molecule has 78 valence electrons. The summed E-state index contributed by atoms with van der Waals surface area (Å²) < 4.78 is 25.8. The van der Waals surface area contributed by atoms with Gasteiger partial charge in [0.25, 0.3) is 6.43 Å². The molecule has 0 unspecified atom stereocenters. The Morgan fingerprint density at radius 3 is 2.71 bits per heavy atom. The Bertz CT molecular complexity index is 336. The fourth-order valence-electron chi connectivity index (χ4n) is 1.11. The standard InChI is InChI=1S/C8H10F2N2O2/c1-2-3-12-4-5(8(13)14)6(11-12)7(9)10/h4,7H,2-3H2,1H3,(H,13,14). The molecule has 0 spiro atoms. The van der Waals surface area contributed by atoms with Crippen molar-refractivity contribution in [3.05, 3.63) is 17.5 Å². The molecular formula is C8H10F2N2O2. The predicted molar refractivity (Wildman–Crippen MR) is 44.4 cm³/mol. The summed E-state index contributed by atoms with van der Waals surface area (Å²) >= 11 is 0. The number of rotatable bonds is 4. The van der Waals surface area contributed by atoms with Crippen LogP contribution < -0.4 is 0 Å². The minimum atomic E-state index is -2.85. The third-order valence-electron chi connectivity index (χ3n) is 1.68. The first-order valence-corrected chi connectivity index (χ1v) is 4.15. The SMILES string of the molecule is CCCn1cc(C(=O)O)c(C(F)F)n1. The largest absolute Gasteiger partial charge is 0.478 e. The molecule has 1 aromatic rings. The van der Waals surface area contributed by atoms with Crippen molar-refractivity contribution in [2.24, 2.45) is 0 Å². The fraction of sp³-hybridized carbons (Fsp3) is 0.500. The molecule has 0 fully saturated rings. The Balaban J connectivity index is 3.06. The van der Waals surface area contributed by atoms with Crippen molar-refractivity contribution in [2.45, 2.75) is 26.3 Å². The molecule has 0 aliphatic rings. The van der Waals surface area contributed by atoms with Crippen LogP contribution in [0.25, 0.3) is 0 Å². The van der Waals surface area contributed by atoms with Crippen LogP contribution in [0.4, 0.5) is 8.78 Å². The molecule has 0 saturated heterocycles. The molecule has 1 rings (SSSR count). The topological polar surface area (TPSA) is 55.1 Å². The summed E-state index contributed by atoms with van der Waals surface area (Å²) in [6.45, 7) is 2.29. The first kappa shape index (κ1) is 10.6. The van der Waals surface area contributed by atoms with E-state index in [2.05, 4.69) is 5.10 Å². The molecule has 0 aromatic carbocycles. The van der Waals surface area contributed by atoms with Gasteiger partial charge >= 0.3 is 5.97 Å². The van der Waals surface area contributed by atoms with Gasteiger partial charge in [0.05, 0.1) is 0 Å². The van der Waals surface area contributed by atoms with Gasteiger partial charge < -0.3 is 5.11 Å². The average molecular weight is 204 g/mol. The summed E-state index contributed by atoms with van der Waals surface area (Å²) in [5.74, 6) is -1.37. The summed E-state index contributed by atoms with van der Waals surface area (Å²) in [5.41, 5.74) is -1.08. The zero-order valence-electron chi connectivity index (χ0n) is 7.57. The zero-order chi connectivity index (χ0) is 10.7. The number of carboxylic acid groups (broad SMARTS) is 1. The molecule has 6 heteroatoms. The van der Waals surface area contributed by atoms with Crippen LogP contribution in [-0.4, -0.2) is 20.9 Å². The lowest BCUT2D eigenvalue weighted by molar-refractivity contribution is 0.0684. The smallest absolute Gasteiger partial charge is 0.339 e. The van der Waals surface area contributed by atoms with E-state index in [0.29, 0.717) is 13.0 Å². The molecular weight excluding hydrogens is 194 g/mol. The molecule has 0 aliphatic heterocycles. The van der Waals surface area contributed by atoms with E-state index in [-0.39, 0.29) is 0 Å². The average Bonchev–Trinajstić information content (AvgIpc) is 2.49. The van der Waals surface area contributed by atoms with Gasteiger partial charge in [-0.3, -0.25) is 4.68 Å². The van der Waals surface area contributed by atoms with E-state index >= 15 is 0 Å². The third-order valence-corrected chi connectivity index (χ3v) is 1.68. The molecule has 0 bridgehead atoms. The van der Waals surface area contributed by atoms with Crippen LogP contribution in [0.3, 0.4) is 0 Å². The normalized spacial score (nSPS) is 10.9. The second-order valence-corrected chi connectivity index (χ2v) is 2.80. The van der Waals surface area contributed by atoms with Gasteiger partial charge in [-0.1, -0.05) is 6.92 Å². The summed E-state index contributed by atoms with van der Waals surface area (Å²) in [5, 5.41) is 12.1. The van der Waals surface area contributed by atoms with E-state index in [9.17, 15) is 13.6 Å². The monoisotopic (exact) mass is 204 g/mol. The number of hydrogen-bond donors (Lipinski definition) is 1. The highest BCUT2D eigenvalue weighted by molar-refractivity contribution is 5.88. The minimum Gasteiger partial charge on any atom is -0.478 e. The number of halogens is 2. The van der Waals surface area contributed by atoms with Crippen LogP contribution in [0.1, 0.15) is 35.8 Å². The Kier molecular flexibility index (Phi) is 3.16. The lowest BCUT2D eigenvalue weighted by Crippen LogP contribution is -2.00. The Hall–Kier alpha value is -1.46. The lowest BCUT2D eigenvalue weighted by atomic mass is 10.2. The first-order valence-electron chi connectivity index (χ1n) is 4.15. The second kappa shape index (κ2) is 4.17. The number of carbonyl (C=O) groups is 1. The van der Waals surface area contributed by atoms with Crippen LogP contribution in [0.5, 0.6) is 0 Å². The first-order chi connectivity index (χ1) is 6.56. The number of aromatic nitrogens is 2. The van der Waals surface area contributed by atoms with Crippen molar-refractivity contribution in [1.82, 2.24) is 9.78 Å². The Labute approximate surface area is 79.2 Å². The van der Waals surface area contributed by atoms with Crippen LogP contribution in [-0.2, 0) is 6.54 Å². The minimum absolute atomic E-state index is 0.423. The van der Waals surface area contributed by atoms with Gasteiger partial charge in [-0.25, -0.2) is 13.6 Å². The van der Waals surface area contributed by atoms with Crippen LogP contribution >= 0.6 is 0 Å². The second-order valence-electron chi connectivity index (χ2n) is 2.80. The number of nitrogens with zero attached hydrogens (tertiary/aromatic N) is 2. The van der Waals surface area contributed by atoms with Crippen molar-refractivity contribution in [2.75, 3.05) is 0 Å². The van der Waals surface area contributed by atoms with Crippen molar-refractivity contribution in [1.29, 1.82) is 0 Å². The molecule has 0 aliphatic carbocycles. The maximum atomic E-state index is 12.3. The lowest BCUT2D eigenvalue weighted by Gasteiger charge is -1.95. The fourth-order valence-corrected chi connectivity index (χ4v) is 1.11. The molecule has 0 atom stereocenters. The molecule has 4 nitrogen and oxygen atoms in total. The van der Waals surface area contributed by atoms with E-state index in [0.717, 1.165) is 6.20 Å². The van der Waals surface area contributed by atoms with E-state index < -0.39 is 23.7 Å². The number of aryl methyl sites for hydroxylation is 1. The summed E-state index contributed by atoms with van der Waals surface area (Å²) in [7, 11) is 0. The van der Waals surface area contributed by atoms with Gasteiger partial charge in [-0.05, 0) is 6.42 Å². The quantitative estimate of drug-likeness (QED) is 0.815. The molecule has 0 radical (unpaired) electrons. The molecule has 1 heterocycles. The van der Waals surface area contributed by atoms with Gasteiger partial charge in [-0.15, -0.1) is 0 Å². The number of carboxylic acids is 1. The Morgan fingerprint density at radius 2 is 2.36 bits per heavy atom. The maximum Gasteiger partial charge on any atom is 0.339 e. The predicted octanol–water partition coefficient (Wildman–Crippen LogP) is 1.93. The summed E-state index contributed by atoms with van der Waals surface area (Å²) in [6, 6.07) is 0. The van der Waals surface area contributed by atoms with Crippen molar-refractivity contribution in [3.8, 4) is 0 Å². The summed E-state index contributed by atoms with van der Waals surface area (Å²) in [4.78, 5) is 10.6. The van der Waals surface area contributed by atoms with Gasteiger partial charge in [0.15, 0.2) is 0 Å². The van der Waals surface area contributed by atoms with Gasteiger partial charge in [0.1, 0.15) is 11.3 Å². The van der Waals surface area contributed by atoms with Crippen molar-refractivity contribution < 1.29 is 18.7 Å². The number of hydrogen-bond acceptors (Lipinski definition) is 2. The highest BCUT2D eigenvalue weighted by Gasteiger charge is 2.22. The van der Waals surface area contributed by atoms with Gasteiger partial charge in [-0.2, -0.15) is 5.10 Å². The van der Waals surface area contributed by atoms with Gasteiger partial charge in [0, 0.05) is 12.7 Å². The van der Waals surface area contributed by atoms with Crippen molar-refractivity contribution >= 4 is 5.97 Å². The van der Waals surface area contributed by atoms with Gasteiger partial charge in [0.2, 0.25) is 0 Å². The molecule has 0 saturated carbocycles. The van der Waals surface area contributed by atoms with E-state index in [1.54, 1.807) is 0 Å². The highest BCUT2D eigenvalue weighted by atomic mass is 19.3. The van der Waals surface area contributed by atoms with E-state index in [4.69, 9.17) is 5.11 Å². The molecule has 0 amide bonds. The maximum absolute atomic E-state index is 12.3. The Morgan fingerprint density at radius 1 is 1.71 bits per heavy atom. The van der Waals surface area contributed by atoms with E-state index in [1.165, 1.54) is 4.68 Å². The summed E-state index contributed by atoms with van der Waals surface area (Å²) in [6.07, 6.45) is -1.00. The van der Waals surface area contributed by atoms with Crippen LogP contribution in [0.15, 0.2) is 6.20 Å². The van der Waals surface area contributed by atoms with Crippen LogP contribution in [0.2, 0.25) is 0 Å².